The van der Waals surface area contributed by atoms with E-state index in [2.05, 4.69) is 461 Å². The summed E-state index contributed by atoms with van der Waals surface area (Å²) in [6.45, 7) is 18.6. The number of aromatic nitrogens is 2. The van der Waals surface area contributed by atoms with Crippen LogP contribution in [-0.4, -0.2) is 8.80 Å². The van der Waals surface area contributed by atoms with Gasteiger partial charge in [0.1, 0.15) is 22.3 Å². The van der Waals surface area contributed by atoms with Gasteiger partial charge in [0, 0.05) is 126 Å². The van der Waals surface area contributed by atoms with E-state index < -0.39 is 5.41 Å². The number of rotatable bonds is 13. The molecule has 0 saturated heterocycles. The maximum Gasteiger partial charge on any atom is 0.143 e. The Morgan fingerprint density at radius 1 is 0.229 bits per heavy atom. The first-order valence-electron chi connectivity index (χ1n) is 45.8. The highest BCUT2D eigenvalue weighted by molar-refractivity contribution is 6.33. The minimum absolute atomic E-state index is 0.387. The number of aryl methyl sites for hydroxylation is 4. The Morgan fingerprint density at radius 2 is 0.611 bits per heavy atom. The SMILES string of the molecule is Cc1ccc(C)c(-c2cc3c(c4c2oc2ccccc24)-c2ccc(N(c4ccc(-c5ccccc5)cc4)c4ccc5c(c4)C(C)(C)c4cc(-c6cc(C)ccc6C)c6oc7cc(-c8ccc9c%10c(N(c%11ccccc%11)c%11ccccc%11)ccc%11c%12cc%13c(cc%12n(c9c8)c%11%10)c8ccc(N(c9ccccc9)c9ccccc9)c9c%10ccccc%10n%13c89)ccc7c6c4-5)cc2C3(C)C)c1. The molecule has 0 saturated carbocycles. The van der Waals surface area contributed by atoms with Crippen LogP contribution < -0.4 is 14.7 Å². The van der Waals surface area contributed by atoms with Crippen molar-refractivity contribution in [2.24, 2.45) is 0 Å². The molecular weight excluding hydrogens is 1590 g/mol. The van der Waals surface area contributed by atoms with Crippen molar-refractivity contribution in [3.05, 3.63) is 427 Å². The third-order valence-electron chi connectivity index (χ3n) is 29.5. The molecule has 6 heterocycles. The molecule has 19 aromatic carbocycles. The normalized spacial score (nSPS) is 13.3. The third-order valence-corrected chi connectivity index (χ3v) is 29.5. The Labute approximate surface area is 758 Å². The number of benzene rings is 19. The van der Waals surface area contributed by atoms with Crippen molar-refractivity contribution in [2.75, 3.05) is 14.7 Å². The van der Waals surface area contributed by atoms with Crippen molar-refractivity contribution in [1.29, 1.82) is 0 Å². The summed E-state index contributed by atoms with van der Waals surface area (Å²) in [6.07, 6.45) is 0. The Kier molecular flexibility index (Phi) is 15.8. The van der Waals surface area contributed by atoms with Gasteiger partial charge in [-0.1, -0.05) is 269 Å². The first kappa shape index (κ1) is 75.0. The van der Waals surface area contributed by atoms with Gasteiger partial charge in [-0.3, -0.25) is 0 Å². The van der Waals surface area contributed by atoms with E-state index in [4.69, 9.17) is 8.83 Å². The number of fused-ring (bicyclic) bond motifs is 26. The van der Waals surface area contributed by atoms with E-state index in [1.165, 1.54) is 160 Å². The first-order valence-corrected chi connectivity index (χ1v) is 45.8. The van der Waals surface area contributed by atoms with Gasteiger partial charge in [-0.25, -0.2) is 0 Å². The van der Waals surface area contributed by atoms with Gasteiger partial charge >= 0.3 is 0 Å². The van der Waals surface area contributed by atoms with E-state index in [1.54, 1.807) is 0 Å². The molecular formula is C124H87N5O2. The van der Waals surface area contributed by atoms with Crippen molar-refractivity contribution >= 4 is 171 Å². The summed E-state index contributed by atoms with van der Waals surface area (Å²) >= 11 is 0. The number of hydrogen-bond donors (Lipinski definition) is 0. The van der Waals surface area contributed by atoms with Crippen LogP contribution >= 0.6 is 0 Å². The molecule has 6 aromatic heterocycles. The van der Waals surface area contributed by atoms with E-state index >= 15 is 0 Å². The van der Waals surface area contributed by atoms with Gasteiger partial charge in [0.15, 0.2) is 0 Å². The summed E-state index contributed by atoms with van der Waals surface area (Å²) in [4.78, 5) is 7.37. The van der Waals surface area contributed by atoms with Gasteiger partial charge < -0.3 is 32.3 Å². The highest BCUT2D eigenvalue weighted by atomic mass is 16.3. The number of nitrogens with zero attached hydrogens (tertiary/aromatic N) is 5. The molecule has 0 amide bonds. The van der Waals surface area contributed by atoms with Gasteiger partial charge in [0.05, 0.1) is 44.5 Å². The number of furan rings is 2. The largest absolute Gasteiger partial charge is 0.455 e. The fraction of sp³-hybridized carbons (Fsp3) is 0.0806. The molecule has 27 rings (SSSR count). The van der Waals surface area contributed by atoms with Crippen molar-refractivity contribution in [3.8, 4) is 66.8 Å². The maximum absolute atomic E-state index is 7.69. The fourth-order valence-corrected chi connectivity index (χ4v) is 23.2. The topological polar surface area (TPSA) is 44.8 Å². The second-order valence-corrected chi connectivity index (χ2v) is 37.6. The predicted molar refractivity (Wildman–Crippen MR) is 550 cm³/mol. The lowest BCUT2D eigenvalue weighted by Gasteiger charge is -2.30. The smallest absolute Gasteiger partial charge is 0.143 e. The zero-order valence-electron chi connectivity index (χ0n) is 73.9. The Balaban J connectivity index is 0.642. The first-order chi connectivity index (χ1) is 64.1. The molecule has 620 valence electrons. The van der Waals surface area contributed by atoms with Crippen LogP contribution in [-0.2, 0) is 10.8 Å². The van der Waals surface area contributed by atoms with Crippen LogP contribution in [0.4, 0.5) is 51.2 Å². The number of para-hydroxylation sites is 6. The van der Waals surface area contributed by atoms with Crippen molar-refractivity contribution in [2.45, 2.75) is 66.2 Å². The number of anilines is 9. The second-order valence-electron chi connectivity index (χ2n) is 37.6. The summed E-state index contributed by atoms with van der Waals surface area (Å²) < 4.78 is 19.9. The molecule has 2 aliphatic carbocycles. The Bertz CT molecular complexity index is 9050. The van der Waals surface area contributed by atoms with Crippen LogP contribution in [0.15, 0.2) is 391 Å². The van der Waals surface area contributed by atoms with Crippen LogP contribution in [0.3, 0.4) is 0 Å². The lowest BCUT2D eigenvalue weighted by atomic mass is 9.80. The quantitative estimate of drug-likeness (QED) is 0.115. The minimum Gasteiger partial charge on any atom is -0.455 e. The highest BCUT2D eigenvalue weighted by Gasteiger charge is 2.43. The van der Waals surface area contributed by atoms with Crippen molar-refractivity contribution < 1.29 is 8.83 Å². The average Bonchev–Trinajstić information content (AvgIpc) is 1.57. The zero-order chi connectivity index (χ0) is 87.3. The van der Waals surface area contributed by atoms with Crippen LogP contribution in [0.1, 0.15) is 72.2 Å². The van der Waals surface area contributed by atoms with E-state index in [1.807, 2.05) is 0 Å². The molecule has 0 bridgehead atoms. The maximum atomic E-state index is 7.69. The van der Waals surface area contributed by atoms with Gasteiger partial charge in [0.25, 0.3) is 0 Å². The molecule has 2 aliphatic rings. The summed E-state index contributed by atoms with van der Waals surface area (Å²) in [5, 5.41) is 14.2. The van der Waals surface area contributed by atoms with Gasteiger partial charge in [0.2, 0.25) is 0 Å². The lowest BCUT2D eigenvalue weighted by Crippen LogP contribution is -2.18. The van der Waals surface area contributed by atoms with Crippen LogP contribution in [0.5, 0.6) is 0 Å². The molecule has 0 aliphatic heterocycles. The molecule has 7 heteroatoms. The van der Waals surface area contributed by atoms with Crippen LogP contribution in [0.25, 0.3) is 187 Å². The molecule has 0 atom stereocenters. The summed E-state index contributed by atoms with van der Waals surface area (Å²) in [5.41, 5.74) is 43.7. The van der Waals surface area contributed by atoms with Crippen LogP contribution in [0.2, 0.25) is 0 Å². The monoisotopic (exact) mass is 1680 g/mol. The van der Waals surface area contributed by atoms with Crippen LogP contribution in [0, 0.1) is 27.7 Å². The fourth-order valence-electron chi connectivity index (χ4n) is 23.2. The molecule has 0 fully saturated rings. The van der Waals surface area contributed by atoms with Gasteiger partial charge in [-0.15, -0.1) is 0 Å². The highest BCUT2D eigenvalue weighted by Crippen LogP contribution is 2.61. The van der Waals surface area contributed by atoms with Gasteiger partial charge in [-0.05, 0) is 268 Å². The lowest BCUT2D eigenvalue weighted by molar-refractivity contribution is 0.657. The Hall–Kier alpha value is -16.2. The second kappa shape index (κ2) is 27.6. The molecule has 0 radical (unpaired) electrons. The summed E-state index contributed by atoms with van der Waals surface area (Å²) in [7, 11) is 0. The minimum atomic E-state index is -0.459. The average molecular weight is 1680 g/mol. The van der Waals surface area contributed by atoms with Crippen molar-refractivity contribution in [3.63, 3.8) is 0 Å². The van der Waals surface area contributed by atoms with E-state index in [9.17, 15) is 0 Å². The zero-order valence-corrected chi connectivity index (χ0v) is 73.9. The summed E-state index contributed by atoms with van der Waals surface area (Å²) in [5.74, 6) is 0. The molecule has 0 spiro atoms. The standard InChI is InChI=1S/C124H87N5O2/c1-72-42-44-74(3)95(62-72)99-68-103-113(117-93-39-25-27-41-111(93)130-121(99)117)89-56-52-85(66-101(89)123(103,5)6)125(84-50-46-77(47-51-84)76-28-14-9-15-29-76)86-53-57-90-102(67-86)124(7,8)104-69-100(96-63-73(2)43-45-75(96)4)122-118(114(90)104)94-55-49-79(65-112(94)131-122)78-48-54-92-108(64-78)129-110-71-97-87-58-60-106(126(80-30-16-10-17-31-80)81-32-18-11-19-33-81)115-91-38-24-26-40-105(91)128(119(87)115)109(97)70-98(110)88-59-61-107(116(92)120(88)129)127(82-34-20-12-21-35-82)83-36-22-13-23-37-83/h9-71H,1-8H3. The Morgan fingerprint density at radius 3 is 1.12 bits per heavy atom. The van der Waals surface area contributed by atoms with Gasteiger partial charge in [-0.2, -0.15) is 0 Å². The molecule has 25 aromatic rings. The molecule has 0 unspecified atom stereocenters. The summed E-state index contributed by atoms with van der Waals surface area (Å²) in [6, 6.07) is 143. The van der Waals surface area contributed by atoms with Crippen molar-refractivity contribution in [1.82, 2.24) is 8.80 Å². The predicted octanol–water partition coefficient (Wildman–Crippen LogP) is 34.7. The molecule has 0 N–H and O–H groups in total. The third kappa shape index (κ3) is 10.7. The van der Waals surface area contributed by atoms with E-state index in [0.717, 1.165) is 123 Å². The van der Waals surface area contributed by atoms with E-state index in [-0.39, 0.29) is 5.41 Å². The van der Waals surface area contributed by atoms with E-state index in [0.29, 0.717) is 0 Å². The number of hydrogen-bond acceptors (Lipinski definition) is 5. The molecule has 131 heavy (non-hydrogen) atoms. The molecule has 7 nitrogen and oxygen atoms in total.